The second-order valence-electron chi connectivity index (χ2n) is 5.11. The Bertz CT molecular complexity index is 573. The standard InChI is InChI=1S/C11H20N4O3S2/c1-15(2)20(16,17)8-9(12)14-19-10(8)13-7-11(18-3)5-4-6-11/h13H,4-7H2,1-3H3,(H2,12,14). The van der Waals surface area contributed by atoms with Crippen molar-refractivity contribution in [2.24, 2.45) is 0 Å². The van der Waals surface area contributed by atoms with E-state index in [1.54, 1.807) is 7.11 Å². The largest absolute Gasteiger partial charge is 0.382 e. The third-order valence-corrected chi connectivity index (χ3v) is 6.52. The lowest BCUT2D eigenvalue weighted by molar-refractivity contribution is -0.0601. The van der Waals surface area contributed by atoms with Crippen molar-refractivity contribution in [1.82, 2.24) is 8.68 Å². The van der Waals surface area contributed by atoms with Crippen molar-refractivity contribution in [3.8, 4) is 0 Å². The zero-order chi connectivity index (χ0) is 15.0. The molecule has 7 nitrogen and oxygen atoms in total. The summed E-state index contributed by atoms with van der Waals surface area (Å²) in [4.78, 5) is 0.0538. The summed E-state index contributed by atoms with van der Waals surface area (Å²) in [5.41, 5.74) is 5.51. The highest BCUT2D eigenvalue weighted by atomic mass is 32.2. The maximum Gasteiger partial charge on any atom is 0.249 e. The van der Waals surface area contributed by atoms with Gasteiger partial charge in [0.25, 0.3) is 0 Å². The topological polar surface area (TPSA) is 97.5 Å². The van der Waals surface area contributed by atoms with Gasteiger partial charge in [-0.1, -0.05) is 0 Å². The van der Waals surface area contributed by atoms with Gasteiger partial charge >= 0.3 is 0 Å². The van der Waals surface area contributed by atoms with E-state index in [2.05, 4.69) is 9.69 Å². The van der Waals surface area contributed by atoms with Crippen LogP contribution in [0.4, 0.5) is 10.8 Å². The molecule has 3 N–H and O–H groups in total. The summed E-state index contributed by atoms with van der Waals surface area (Å²) in [7, 11) is 1.02. The van der Waals surface area contributed by atoms with Gasteiger partial charge in [-0.05, 0) is 30.8 Å². The maximum absolute atomic E-state index is 12.3. The van der Waals surface area contributed by atoms with E-state index in [0.29, 0.717) is 11.5 Å². The Hall–Kier alpha value is -0.900. The molecule has 0 radical (unpaired) electrons. The Labute approximate surface area is 123 Å². The Kier molecular flexibility index (Phi) is 4.24. The lowest BCUT2D eigenvalue weighted by atomic mass is 9.80. The second kappa shape index (κ2) is 5.47. The van der Waals surface area contributed by atoms with Gasteiger partial charge in [0.15, 0.2) is 10.7 Å². The number of anilines is 2. The predicted molar refractivity (Wildman–Crippen MR) is 79.5 cm³/mol. The molecule has 0 unspecified atom stereocenters. The zero-order valence-electron chi connectivity index (χ0n) is 11.8. The van der Waals surface area contributed by atoms with E-state index >= 15 is 0 Å². The number of nitrogen functional groups attached to an aromatic ring is 1. The summed E-state index contributed by atoms with van der Waals surface area (Å²) in [6.45, 7) is 0.557. The predicted octanol–water partition coefficient (Wildman–Crippen LogP) is 0.957. The first-order valence-electron chi connectivity index (χ1n) is 6.29. The van der Waals surface area contributed by atoms with Crippen LogP contribution in [-0.2, 0) is 14.8 Å². The molecule has 0 aliphatic heterocycles. The molecule has 0 aromatic carbocycles. The highest BCUT2D eigenvalue weighted by Crippen LogP contribution is 2.38. The SMILES string of the molecule is COC1(CNc2snc(N)c2S(=O)(=O)N(C)C)CCC1. The molecule has 1 fully saturated rings. The van der Waals surface area contributed by atoms with Crippen LogP contribution in [0.2, 0.25) is 0 Å². The molecular weight excluding hydrogens is 300 g/mol. The smallest absolute Gasteiger partial charge is 0.249 e. The fraction of sp³-hybridized carbons (Fsp3) is 0.727. The first-order chi connectivity index (χ1) is 9.32. The van der Waals surface area contributed by atoms with Crippen LogP contribution in [-0.4, -0.2) is 50.4 Å². The minimum atomic E-state index is -3.61. The average Bonchev–Trinajstić information content (AvgIpc) is 2.70. The number of nitrogens with zero attached hydrogens (tertiary/aromatic N) is 2. The van der Waals surface area contributed by atoms with Crippen LogP contribution in [0.15, 0.2) is 4.90 Å². The van der Waals surface area contributed by atoms with Crippen LogP contribution in [0, 0.1) is 0 Å². The van der Waals surface area contributed by atoms with Crippen molar-refractivity contribution in [1.29, 1.82) is 0 Å². The molecule has 9 heteroatoms. The monoisotopic (exact) mass is 320 g/mol. The number of rotatable bonds is 6. The van der Waals surface area contributed by atoms with E-state index in [1.807, 2.05) is 0 Å². The van der Waals surface area contributed by atoms with Gasteiger partial charge in [0.2, 0.25) is 10.0 Å². The summed E-state index contributed by atoms with van der Waals surface area (Å²) in [5.74, 6) is 0.0336. The third kappa shape index (κ3) is 2.62. The van der Waals surface area contributed by atoms with E-state index in [-0.39, 0.29) is 16.3 Å². The molecule has 0 bridgehead atoms. The summed E-state index contributed by atoms with van der Waals surface area (Å²) in [5, 5.41) is 3.61. The molecule has 1 aliphatic rings. The second-order valence-corrected chi connectivity index (χ2v) is 7.97. The van der Waals surface area contributed by atoms with Crippen LogP contribution in [0.3, 0.4) is 0 Å². The van der Waals surface area contributed by atoms with Crippen LogP contribution < -0.4 is 11.1 Å². The molecule has 1 aliphatic carbocycles. The van der Waals surface area contributed by atoms with E-state index in [4.69, 9.17) is 10.5 Å². The van der Waals surface area contributed by atoms with E-state index in [0.717, 1.165) is 35.1 Å². The van der Waals surface area contributed by atoms with Crippen LogP contribution >= 0.6 is 11.5 Å². The quantitative estimate of drug-likeness (QED) is 0.810. The number of nitrogens with two attached hydrogens (primary N) is 1. The van der Waals surface area contributed by atoms with Crippen molar-refractivity contribution in [3.63, 3.8) is 0 Å². The van der Waals surface area contributed by atoms with Crippen molar-refractivity contribution < 1.29 is 13.2 Å². The van der Waals surface area contributed by atoms with Crippen molar-refractivity contribution in [2.45, 2.75) is 29.8 Å². The minimum Gasteiger partial charge on any atom is -0.382 e. The lowest BCUT2D eigenvalue weighted by Crippen LogP contribution is -2.45. The fourth-order valence-electron chi connectivity index (χ4n) is 2.10. The maximum atomic E-state index is 12.3. The van der Waals surface area contributed by atoms with Gasteiger partial charge in [-0.3, -0.25) is 0 Å². The molecule has 1 aromatic rings. The highest BCUT2D eigenvalue weighted by Gasteiger charge is 2.37. The molecule has 0 amide bonds. The molecule has 0 spiro atoms. The Morgan fingerprint density at radius 3 is 2.60 bits per heavy atom. The van der Waals surface area contributed by atoms with E-state index in [1.165, 1.54) is 14.1 Å². The molecule has 1 saturated carbocycles. The van der Waals surface area contributed by atoms with E-state index in [9.17, 15) is 8.42 Å². The number of sulfonamides is 1. The number of nitrogens with one attached hydrogen (secondary N) is 1. The highest BCUT2D eigenvalue weighted by molar-refractivity contribution is 7.89. The molecule has 2 rings (SSSR count). The van der Waals surface area contributed by atoms with Gasteiger partial charge < -0.3 is 15.8 Å². The molecule has 0 atom stereocenters. The number of hydrogen-bond acceptors (Lipinski definition) is 7. The molecule has 20 heavy (non-hydrogen) atoms. The molecule has 1 heterocycles. The van der Waals surface area contributed by atoms with Gasteiger partial charge in [-0.15, -0.1) is 0 Å². The van der Waals surface area contributed by atoms with Gasteiger partial charge in [0.1, 0.15) is 5.00 Å². The summed E-state index contributed by atoms with van der Waals surface area (Å²) in [6.07, 6.45) is 3.07. The summed E-state index contributed by atoms with van der Waals surface area (Å²) >= 11 is 1.06. The number of methoxy groups -OCH3 is 1. The van der Waals surface area contributed by atoms with Crippen LogP contribution in [0.25, 0.3) is 0 Å². The van der Waals surface area contributed by atoms with E-state index < -0.39 is 10.0 Å². The Morgan fingerprint density at radius 1 is 1.50 bits per heavy atom. The summed E-state index contributed by atoms with van der Waals surface area (Å²) < 4.78 is 35.1. The van der Waals surface area contributed by atoms with Crippen molar-refractivity contribution in [3.05, 3.63) is 0 Å². The minimum absolute atomic E-state index is 0.0336. The molecular formula is C11H20N4O3S2. The number of aromatic nitrogens is 1. The molecule has 0 saturated heterocycles. The molecule has 1 aromatic heterocycles. The lowest BCUT2D eigenvalue weighted by Gasteiger charge is -2.40. The number of hydrogen-bond donors (Lipinski definition) is 2. The van der Waals surface area contributed by atoms with Crippen molar-refractivity contribution >= 4 is 32.4 Å². The normalized spacial score (nSPS) is 18.0. The van der Waals surface area contributed by atoms with Crippen LogP contribution in [0.1, 0.15) is 19.3 Å². The Balaban J connectivity index is 2.22. The zero-order valence-corrected chi connectivity index (χ0v) is 13.5. The first-order valence-corrected chi connectivity index (χ1v) is 8.50. The van der Waals surface area contributed by atoms with Crippen LogP contribution in [0.5, 0.6) is 0 Å². The average molecular weight is 320 g/mol. The Morgan fingerprint density at radius 2 is 2.15 bits per heavy atom. The van der Waals surface area contributed by atoms with Gasteiger partial charge in [-0.2, -0.15) is 4.37 Å². The fourth-order valence-corrected chi connectivity index (χ4v) is 4.18. The first kappa shape index (κ1) is 15.5. The third-order valence-electron chi connectivity index (χ3n) is 3.68. The molecule has 114 valence electrons. The van der Waals surface area contributed by atoms with Gasteiger partial charge in [0, 0.05) is 27.7 Å². The summed E-state index contributed by atoms with van der Waals surface area (Å²) in [6, 6.07) is 0. The number of ether oxygens (including phenoxy) is 1. The van der Waals surface area contributed by atoms with Gasteiger partial charge in [-0.25, -0.2) is 12.7 Å². The van der Waals surface area contributed by atoms with Gasteiger partial charge in [0.05, 0.1) is 5.60 Å². The van der Waals surface area contributed by atoms with Crippen molar-refractivity contribution in [2.75, 3.05) is 38.8 Å².